The van der Waals surface area contributed by atoms with E-state index < -0.39 is 10.0 Å². The second kappa shape index (κ2) is 5.96. The van der Waals surface area contributed by atoms with Crippen LogP contribution in [0.2, 0.25) is 0 Å². The molecule has 0 radical (unpaired) electrons. The number of benzene rings is 1. The average Bonchev–Trinajstić information content (AvgIpc) is 2.90. The van der Waals surface area contributed by atoms with Crippen molar-refractivity contribution in [1.29, 1.82) is 0 Å². The van der Waals surface area contributed by atoms with Gasteiger partial charge in [0.1, 0.15) is 5.82 Å². The summed E-state index contributed by atoms with van der Waals surface area (Å²) >= 11 is 0. The second-order valence-corrected chi connectivity index (χ2v) is 5.94. The van der Waals surface area contributed by atoms with Crippen LogP contribution in [0.25, 0.3) is 0 Å². The maximum atomic E-state index is 11.9. The van der Waals surface area contributed by atoms with Crippen LogP contribution in [0, 0.1) is 0 Å². The molecule has 102 valence electrons. The molecule has 2 rings (SSSR count). The Morgan fingerprint density at radius 2 is 1.89 bits per heavy atom. The summed E-state index contributed by atoms with van der Waals surface area (Å²) < 4.78 is 26.2. The molecular weight excluding hydrogens is 264 g/mol. The van der Waals surface area contributed by atoms with Crippen LogP contribution in [0.1, 0.15) is 17.0 Å². The van der Waals surface area contributed by atoms with Crippen molar-refractivity contribution in [2.75, 3.05) is 0 Å². The predicted molar refractivity (Wildman–Crippen MR) is 72.4 cm³/mol. The highest BCUT2D eigenvalue weighted by molar-refractivity contribution is 7.88. The molecule has 6 nitrogen and oxygen atoms in total. The van der Waals surface area contributed by atoms with Gasteiger partial charge in [0, 0.05) is 18.9 Å². The Morgan fingerprint density at radius 3 is 2.47 bits per heavy atom. The van der Waals surface area contributed by atoms with Crippen molar-refractivity contribution in [3.63, 3.8) is 0 Å². The van der Waals surface area contributed by atoms with Gasteiger partial charge in [-0.25, -0.2) is 18.1 Å². The Kier molecular flexibility index (Phi) is 4.31. The van der Waals surface area contributed by atoms with Gasteiger partial charge in [-0.2, -0.15) is 0 Å². The lowest BCUT2D eigenvalue weighted by atomic mass is 10.1. The molecule has 0 fully saturated rings. The number of nitrogens with one attached hydrogen (secondary N) is 2. The molecule has 1 aromatic carbocycles. The molecule has 2 aromatic rings. The van der Waals surface area contributed by atoms with E-state index in [2.05, 4.69) is 14.7 Å². The van der Waals surface area contributed by atoms with Crippen molar-refractivity contribution in [2.45, 2.75) is 18.8 Å². The Balaban J connectivity index is 1.96. The first kappa shape index (κ1) is 13.7. The van der Waals surface area contributed by atoms with Crippen LogP contribution in [0.15, 0.2) is 36.7 Å². The van der Waals surface area contributed by atoms with E-state index in [0.29, 0.717) is 12.4 Å². The molecule has 0 unspecified atom stereocenters. The van der Waals surface area contributed by atoms with Gasteiger partial charge in [-0.15, -0.1) is 0 Å². The van der Waals surface area contributed by atoms with Crippen LogP contribution in [-0.4, -0.2) is 18.4 Å². The van der Waals surface area contributed by atoms with Crippen molar-refractivity contribution in [2.24, 2.45) is 5.73 Å². The summed E-state index contributed by atoms with van der Waals surface area (Å²) in [4.78, 5) is 6.79. The van der Waals surface area contributed by atoms with Gasteiger partial charge in [0.15, 0.2) is 0 Å². The SMILES string of the molecule is NCc1ccc(CS(=O)(=O)NCc2ncc[nH]2)cc1. The monoisotopic (exact) mass is 280 g/mol. The number of hydrogen-bond donors (Lipinski definition) is 3. The Labute approximate surface area is 112 Å². The zero-order valence-corrected chi connectivity index (χ0v) is 11.2. The van der Waals surface area contributed by atoms with E-state index in [4.69, 9.17) is 5.73 Å². The van der Waals surface area contributed by atoms with E-state index in [1.807, 2.05) is 12.1 Å². The largest absolute Gasteiger partial charge is 0.347 e. The fourth-order valence-electron chi connectivity index (χ4n) is 1.61. The molecule has 0 spiro atoms. The van der Waals surface area contributed by atoms with Gasteiger partial charge < -0.3 is 10.7 Å². The quantitative estimate of drug-likeness (QED) is 0.716. The molecule has 0 aliphatic carbocycles. The van der Waals surface area contributed by atoms with E-state index in [1.165, 1.54) is 0 Å². The van der Waals surface area contributed by atoms with Gasteiger partial charge in [-0.05, 0) is 11.1 Å². The van der Waals surface area contributed by atoms with Gasteiger partial charge in [-0.1, -0.05) is 24.3 Å². The van der Waals surface area contributed by atoms with Gasteiger partial charge in [0.25, 0.3) is 0 Å². The molecule has 0 saturated heterocycles. The number of sulfonamides is 1. The van der Waals surface area contributed by atoms with E-state index >= 15 is 0 Å². The number of hydrogen-bond acceptors (Lipinski definition) is 4. The minimum atomic E-state index is -3.37. The summed E-state index contributed by atoms with van der Waals surface area (Å²) in [7, 11) is -3.37. The molecule has 4 N–H and O–H groups in total. The highest BCUT2D eigenvalue weighted by atomic mass is 32.2. The number of rotatable bonds is 6. The zero-order valence-electron chi connectivity index (χ0n) is 10.3. The summed E-state index contributed by atoms with van der Waals surface area (Å²) in [5.74, 6) is 0.528. The van der Waals surface area contributed by atoms with Crippen LogP contribution >= 0.6 is 0 Å². The molecule has 0 aliphatic rings. The number of nitrogens with zero attached hydrogens (tertiary/aromatic N) is 1. The summed E-state index contributed by atoms with van der Waals surface area (Å²) in [6.07, 6.45) is 3.23. The average molecular weight is 280 g/mol. The lowest BCUT2D eigenvalue weighted by molar-refractivity contribution is 0.578. The minimum absolute atomic E-state index is 0.0570. The Bertz CT molecular complexity index is 606. The molecule has 7 heteroatoms. The van der Waals surface area contributed by atoms with Crippen molar-refractivity contribution >= 4 is 10.0 Å². The Hall–Kier alpha value is -1.70. The van der Waals surface area contributed by atoms with E-state index in [9.17, 15) is 8.42 Å². The van der Waals surface area contributed by atoms with Crippen LogP contribution in [0.3, 0.4) is 0 Å². The molecule has 19 heavy (non-hydrogen) atoms. The van der Waals surface area contributed by atoms with Crippen molar-refractivity contribution in [3.8, 4) is 0 Å². The number of H-pyrrole nitrogens is 1. The summed E-state index contributed by atoms with van der Waals surface area (Å²) in [5, 5.41) is 0. The van der Waals surface area contributed by atoms with Gasteiger partial charge in [0.05, 0.1) is 12.3 Å². The number of nitrogens with two attached hydrogens (primary N) is 1. The Morgan fingerprint density at radius 1 is 1.21 bits per heavy atom. The molecule has 1 aromatic heterocycles. The van der Waals surface area contributed by atoms with Crippen LogP contribution in [0.5, 0.6) is 0 Å². The maximum absolute atomic E-state index is 11.9. The maximum Gasteiger partial charge on any atom is 0.216 e. The van der Waals surface area contributed by atoms with Gasteiger partial charge in [-0.3, -0.25) is 0 Å². The number of imidazole rings is 1. The fourth-order valence-corrected chi connectivity index (χ4v) is 2.70. The molecule has 0 amide bonds. The van der Waals surface area contributed by atoms with E-state index in [1.54, 1.807) is 24.5 Å². The molecule has 0 atom stereocenters. The first-order valence-corrected chi connectivity index (χ1v) is 7.48. The molecular formula is C12H16N4O2S. The predicted octanol–water partition coefficient (Wildman–Crippen LogP) is 0.488. The first-order chi connectivity index (χ1) is 9.09. The summed E-state index contributed by atoms with van der Waals surface area (Å²) in [5.41, 5.74) is 7.19. The minimum Gasteiger partial charge on any atom is -0.347 e. The third-order valence-corrected chi connectivity index (χ3v) is 3.93. The molecule has 0 bridgehead atoms. The third-order valence-electron chi connectivity index (χ3n) is 2.63. The highest BCUT2D eigenvalue weighted by Crippen LogP contribution is 2.07. The first-order valence-electron chi connectivity index (χ1n) is 5.82. The standard InChI is InChI=1S/C12H16N4O2S/c13-7-10-1-3-11(4-2-10)9-19(17,18)16-8-12-14-5-6-15-12/h1-6,16H,7-9,13H2,(H,14,15). The van der Waals surface area contributed by atoms with Gasteiger partial charge >= 0.3 is 0 Å². The fraction of sp³-hybridized carbons (Fsp3) is 0.250. The molecule has 0 saturated carbocycles. The lowest BCUT2D eigenvalue weighted by Gasteiger charge is -2.06. The van der Waals surface area contributed by atoms with Crippen LogP contribution < -0.4 is 10.5 Å². The van der Waals surface area contributed by atoms with Crippen molar-refractivity contribution in [3.05, 3.63) is 53.6 Å². The normalized spacial score (nSPS) is 11.6. The van der Waals surface area contributed by atoms with Crippen molar-refractivity contribution in [1.82, 2.24) is 14.7 Å². The van der Waals surface area contributed by atoms with Crippen LogP contribution in [-0.2, 0) is 28.9 Å². The lowest BCUT2D eigenvalue weighted by Crippen LogP contribution is -2.25. The third kappa shape index (κ3) is 4.16. The van der Waals surface area contributed by atoms with E-state index in [0.717, 1.165) is 11.1 Å². The summed E-state index contributed by atoms with van der Waals surface area (Å²) in [6.45, 7) is 0.611. The number of aromatic nitrogens is 2. The summed E-state index contributed by atoms with van der Waals surface area (Å²) in [6, 6.07) is 7.21. The highest BCUT2D eigenvalue weighted by Gasteiger charge is 2.11. The second-order valence-electron chi connectivity index (χ2n) is 4.14. The number of aromatic amines is 1. The van der Waals surface area contributed by atoms with Crippen molar-refractivity contribution < 1.29 is 8.42 Å². The molecule has 0 aliphatic heterocycles. The van der Waals surface area contributed by atoms with Gasteiger partial charge in [0.2, 0.25) is 10.0 Å². The van der Waals surface area contributed by atoms with Crippen LogP contribution in [0.4, 0.5) is 0 Å². The topological polar surface area (TPSA) is 101 Å². The smallest absolute Gasteiger partial charge is 0.216 e. The molecule has 1 heterocycles. The zero-order chi connectivity index (χ0) is 13.7. The van der Waals surface area contributed by atoms with E-state index in [-0.39, 0.29) is 12.3 Å².